The van der Waals surface area contributed by atoms with E-state index in [0.29, 0.717) is 0 Å². The second-order valence-electron chi connectivity index (χ2n) is 2.15. The van der Waals surface area contributed by atoms with Crippen LogP contribution in [0.1, 0.15) is 16.2 Å². The second-order valence-corrected chi connectivity index (χ2v) is 2.15. The number of hydrogen-bond acceptors (Lipinski definition) is 3. The molecule has 0 aromatic carbocycles. The third kappa shape index (κ3) is 1.71. The van der Waals surface area contributed by atoms with E-state index in [-0.39, 0.29) is 0 Å². The van der Waals surface area contributed by atoms with Crippen LogP contribution in [0.5, 0.6) is 0 Å². The van der Waals surface area contributed by atoms with Crippen LogP contribution in [0.15, 0.2) is 0 Å². The first-order valence-corrected chi connectivity index (χ1v) is 2.98. The highest BCUT2D eigenvalue weighted by Crippen LogP contribution is 2.30. The molecule has 1 rings (SSSR count). The van der Waals surface area contributed by atoms with Crippen molar-refractivity contribution in [2.75, 3.05) is 5.73 Å². The number of nitrogens with zero attached hydrogens (tertiary/aromatic N) is 1. The van der Waals surface area contributed by atoms with Gasteiger partial charge in [0, 0.05) is 0 Å². The van der Waals surface area contributed by atoms with Gasteiger partial charge in [0.2, 0.25) is 0 Å². The van der Waals surface area contributed by atoms with Crippen LogP contribution in [0, 0.1) is 0 Å². The number of hydrogen-bond donors (Lipinski definition) is 3. The highest BCUT2D eigenvalue weighted by atomic mass is 19.4. The quantitative estimate of drug-likeness (QED) is 0.615. The van der Waals surface area contributed by atoms with Crippen molar-refractivity contribution in [2.45, 2.75) is 6.18 Å². The average Bonchev–Trinajstić information content (AvgIpc) is 2.29. The van der Waals surface area contributed by atoms with E-state index in [0.717, 1.165) is 0 Å². The molecule has 0 saturated carbocycles. The zero-order valence-corrected chi connectivity index (χ0v) is 6.01. The third-order valence-corrected chi connectivity index (χ3v) is 1.21. The first kappa shape index (κ1) is 9.36. The molecule has 72 valence electrons. The number of nitrogens with one attached hydrogen (secondary N) is 1. The van der Waals surface area contributed by atoms with Crippen LogP contribution >= 0.6 is 0 Å². The Morgan fingerprint density at radius 3 is 2.38 bits per heavy atom. The van der Waals surface area contributed by atoms with Gasteiger partial charge in [0.05, 0.1) is 0 Å². The number of alkyl halides is 3. The van der Waals surface area contributed by atoms with Crippen LogP contribution in [0.3, 0.4) is 0 Å². The van der Waals surface area contributed by atoms with Crippen LogP contribution in [0.2, 0.25) is 0 Å². The van der Waals surface area contributed by atoms with E-state index in [1.165, 1.54) is 0 Å². The lowest BCUT2D eigenvalue weighted by Gasteiger charge is -2.02. The molecule has 4 N–H and O–H groups in total. The van der Waals surface area contributed by atoms with Crippen molar-refractivity contribution in [3.63, 3.8) is 0 Å². The molecule has 0 atom stereocenters. The maximum Gasteiger partial charge on any atom is 0.433 e. The molecule has 0 saturated heterocycles. The molecule has 0 radical (unpaired) electrons. The summed E-state index contributed by atoms with van der Waals surface area (Å²) in [6.45, 7) is 0. The summed E-state index contributed by atoms with van der Waals surface area (Å²) in [5, 5.41) is 8.30. The van der Waals surface area contributed by atoms with Crippen LogP contribution < -0.4 is 5.73 Å². The number of halogens is 3. The van der Waals surface area contributed by atoms with E-state index < -0.39 is 29.5 Å². The molecule has 1 aromatic rings. The fourth-order valence-corrected chi connectivity index (χ4v) is 0.751. The predicted molar refractivity (Wildman–Crippen MR) is 35.0 cm³/mol. The Balaban J connectivity index is 3.28. The molecule has 8 heteroatoms. The third-order valence-electron chi connectivity index (χ3n) is 1.21. The number of rotatable bonds is 1. The number of imidazole rings is 1. The maximum atomic E-state index is 12.0. The highest BCUT2D eigenvalue weighted by molar-refractivity contribution is 5.87. The summed E-state index contributed by atoms with van der Waals surface area (Å²) >= 11 is 0. The number of carboxylic acids is 1. The highest BCUT2D eigenvalue weighted by Gasteiger charge is 2.38. The fraction of sp³-hybridized carbons (Fsp3) is 0.200. The summed E-state index contributed by atoms with van der Waals surface area (Å²) in [6.07, 6.45) is -4.79. The van der Waals surface area contributed by atoms with Gasteiger partial charge >= 0.3 is 12.1 Å². The summed E-state index contributed by atoms with van der Waals surface area (Å²) in [5.41, 5.74) is 2.32. The fourth-order valence-electron chi connectivity index (χ4n) is 0.751. The summed E-state index contributed by atoms with van der Waals surface area (Å²) in [4.78, 5) is 14.8. The molecular weight excluding hydrogens is 191 g/mol. The SMILES string of the molecule is Nc1nc(C(=O)O)c(C(F)(F)F)[nH]1. The second kappa shape index (κ2) is 2.64. The molecule has 13 heavy (non-hydrogen) atoms. The normalized spacial score (nSPS) is 11.6. The molecule has 0 amide bonds. The molecule has 5 nitrogen and oxygen atoms in total. The largest absolute Gasteiger partial charge is 0.476 e. The van der Waals surface area contributed by atoms with Gasteiger partial charge in [-0.05, 0) is 0 Å². The Morgan fingerprint density at radius 2 is 2.08 bits per heavy atom. The molecule has 1 heterocycles. The number of carbonyl (C=O) groups is 1. The average molecular weight is 195 g/mol. The Bertz CT molecular complexity index is 343. The Labute approximate surface area is 69.4 Å². The molecule has 1 aromatic heterocycles. The molecular formula is C5H4F3N3O2. The van der Waals surface area contributed by atoms with Gasteiger partial charge in [-0.1, -0.05) is 0 Å². The van der Waals surface area contributed by atoms with Gasteiger partial charge in [0.15, 0.2) is 17.3 Å². The number of aromatic nitrogens is 2. The van der Waals surface area contributed by atoms with E-state index in [1.54, 1.807) is 4.98 Å². The topological polar surface area (TPSA) is 92.0 Å². The number of H-pyrrole nitrogens is 1. The van der Waals surface area contributed by atoms with Crippen molar-refractivity contribution in [1.29, 1.82) is 0 Å². The number of carboxylic acid groups (broad SMARTS) is 1. The van der Waals surface area contributed by atoms with Gasteiger partial charge in [0.1, 0.15) is 0 Å². The van der Waals surface area contributed by atoms with Crippen molar-refractivity contribution in [1.82, 2.24) is 9.97 Å². The molecule has 0 aliphatic rings. The Morgan fingerprint density at radius 1 is 1.54 bits per heavy atom. The predicted octanol–water partition coefficient (Wildman–Crippen LogP) is 0.709. The summed E-state index contributed by atoms with van der Waals surface area (Å²) in [7, 11) is 0. The zero-order valence-electron chi connectivity index (χ0n) is 6.01. The van der Waals surface area contributed by atoms with E-state index in [9.17, 15) is 18.0 Å². The molecule has 0 bridgehead atoms. The lowest BCUT2D eigenvalue weighted by molar-refractivity contribution is -0.141. The van der Waals surface area contributed by atoms with Crippen LogP contribution in [0.25, 0.3) is 0 Å². The number of anilines is 1. The maximum absolute atomic E-state index is 12.0. The molecule has 0 unspecified atom stereocenters. The van der Waals surface area contributed by atoms with Gasteiger partial charge < -0.3 is 15.8 Å². The van der Waals surface area contributed by atoms with E-state index in [2.05, 4.69) is 4.98 Å². The van der Waals surface area contributed by atoms with Crippen molar-refractivity contribution in [3.8, 4) is 0 Å². The van der Waals surface area contributed by atoms with Gasteiger partial charge in [-0.15, -0.1) is 0 Å². The summed E-state index contributed by atoms with van der Waals surface area (Å²) in [6, 6.07) is 0. The molecule has 0 spiro atoms. The minimum Gasteiger partial charge on any atom is -0.476 e. The van der Waals surface area contributed by atoms with Gasteiger partial charge in [-0.2, -0.15) is 13.2 Å². The standard InChI is InChI=1S/C5H4F3N3O2/c6-5(7,8)2-1(3(12)13)10-4(9)11-2/h(H,12,13)(H3,9,10,11). The minimum absolute atomic E-state index is 0.579. The smallest absolute Gasteiger partial charge is 0.433 e. The number of nitrogen functional groups attached to an aromatic ring is 1. The van der Waals surface area contributed by atoms with Crippen LogP contribution in [-0.2, 0) is 6.18 Å². The van der Waals surface area contributed by atoms with E-state index in [1.807, 2.05) is 0 Å². The zero-order chi connectivity index (χ0) is 10.2. The van der Waals surface area contributed by atoms with Crippen LogP contribution in [-0.4, -0.2) is 21.0 Å². The summed E-state index contributed by atoms with van der Waals surface area (Å²) in [5.74, 6) is -2.36. The lowest BCUT2D eigenvalue weighted by atomic mass is 10.3. The van der Waals surface area contributed by atoms with Crippen molar-refractivity contribution in [3.05, 3.63) is 11.4 Å². The van der Waals surface area contributed by atoms with Crippen molar-refractivity contribution in [2.24, 2.45) is 0 Å². The number of aromatic amines is 1. The minimum atomic E-state index is -4.79. The van der Waals surface area contributed by atoms with Crippen molar-refractivity contribution >= 4 is 11.9 Å². The molecule has 0 fully saturated rings. The van der Waals surface area contributed by atoms with Crippen LogP contribution in [0.4, 0.5) is 19.1 Å². The first-order valence-electron chi connectivity index (χ1n) is 2.98. The summed E-state index contributed by atoms with van der Waals surface area (Å²) < 4.78 is 36.1. The van der Waals surface area contributed by atoms with Gasteiger partial charge in [-0.3, -0.25) is 0 Å². The van der Waals surface area contributed by atoms with Gasteiger partial charge in [0.25, 0.3) is 0 Å². The van der Waals surface area contributed by atoms with Crippen molar-refractivity contribution < 1.29 is 23.1 Å². The van der Waals surface area contributed by atoms with E-state index >= 15 is 0 Å². The lowest BCUT2D eigenvalue weighted by Crippen LogP contribution is -2.12. The van der Waals surface area contributed by atoms with Gasteiger partial charge in [-0.25, -0.2) is 9.78 Å². The molecule has 0 aliphatic heterocycles. The number of aromatic carboxylic acids is 1. The van der Waals surface area contributed by atoms with E-state index in [4.69, 9.17) is 10.8 Å². The Hall–Kier alpha value is -1.73. The monoisotopic (exact) mass is 195 g/mol. The number of nitrogens with two attached hydrogens (primary N) is 1. The first-order chi connectivity index (χ1) is 5.82. The Kier molecular flexibility index (Phi) is 1.90. The molecule has 0 aliphatic carbocycles.